The quantitative estimate of drug-likeness (QED) is 0.585. The van der Waals surface area contributed by atoms with Gasteiger partial charge in [-0.3, -0.25) is 9.00 Å². The molecule has 0 saturated carbocycles. The molecule has 1 heterocycles. The summed E-state index contributed by atoms with van der Waals surface area (Å²) in [6, 6.07) is 17.8. The molecule has 3 rings (SSSR count). The van der Waals surface area contributed by atoms with Gasteiger partial charge in [-0.05, 0) is 41.5 Å². The first-order chi connectivity index (χ1) is 13.0. The number of amides is 1. The number of furan rings is 1. The van der Waals surface area contributed by atoms with Crippen LogP contribution in [0, 0.1) is 0 Å². The van der Waals surface area contributed by atoms with Crippen LogP contribution in [0.4, 0.5) is 0 Å². The molecule has 3 aromatic rings. The molecule has 1 atom stereocenters. The van der Waals surface area contributed by atoms with Crippen LogP contribution in [-0.2, 0) is 28.9 Å². The van der Waals surface area contributed by atoms with Gasteiger partial charge in [0, 0.05) is 27.4 Å². The molecule has 1 aromatic heterocycles. The number of hydrogen-bond donors (Lipinski definition) is 1. The molecule has 0 fully saturated rings. The zero-order valence-electron chi connectivity index (χ0n) is 14.3. The lowest BCUT2D eigenvalue weighted by Crippen LogP contribution is -2.22. The van der Waals surface area contributed by atoms with Crippen LogP contribution >= 0.6 is 23.2 Å². The molecule has 0 bridgehead atoms. The Kier molecular flexibility index (Phi) is 6.72. The molecule has 1 amide bonds. The average Bonchev–Trinajstić information content (AvgIpc) is 3.10. The summed E-state index contributed by atoms with van der Waals surface area (Å²) in [4.78, 5) is 12.2. The molecule has 0 unspecified atom stereocenters. The molecule has 0 radical (unpaired) electrons. The third kappa shape index (κ3) is 5.70. The fraction of sp³-hybridized carbons (Fsp3) is 0.150. The first kappa shape index (κ1) is 19.7. The van der Waals surface area contributed by atoms with E-state index in [0.29, 0.717) is 28.1 Å². The second kappa shape index (κ2) is 9.22. The van der Waals surface area contributed by atoms with Gasteiger partial charge in [0.15, 0.2) is 5.76 Å². The van der Waals surface area contributed by atoms with Gasteiger partial charge in [0.05, 0.1) is 11.5 Å². The Morgan fingerprint density at radius 3 is 2.59 bits per heavy atom. The first-order valence-electron chi connectivity index (χ1n) is 8.21. The first-order valence-corrected chi connectivity index (χ1v) is 10.5. The highest BCUT2D eigenvalue weighted by Crippen LogP contribution is 2.19. The van der Waals surface area contributed by atoms with Crippen LogP contribution < -0.4 is 5.32 Å². The zero-order valence-corrected chi connectivity index (χ0v) is 16.6. The van der Waals surface area contributed by atoms with Crippen LogP contribution in [0.1, 0.15) is 27.4 Å². The summed E-state index contributed by atoms with van der Waals surface area (Å²) < 4.78 is 17.9. The Labute approximate surface area is 169 Å². The smallest absolute Gasteiger partial charge is 0.287 e. The van der Waals surface area contributed by atoms with Gasteiger partial charge < -0.3 is 9.73 Å². The van der Waals surface area contributed by atoms with Gasteiger partial charge in [0.25, 0.3) is 5.91 Å². The second-order valence-electron chi connectivity index (χ2n) is 5.90. The van der Waals surface area contributed by atoms with Gasteiger partial charge >= 0.3 is 0 Å². The van der Waals surface area contributed by atoms with E-state index < -0.39 is 10.8 Å². The lowest BCUT2D eigenvalue weighted by Gasteiger charge is -2.04. The minimum absolute atomic E-state index is 0.182. The summed E-state index contributed by atoms with van der Waals surface area (Å²) in [6.45, 7) is 0.341. The Bertz CT molecular complexity index is 971. The molecule has 7 heteroatoms. The molecular formula is C20H17Cl2NO3S. The fourth-order valence-electron chi connectivity index (χ4n) is 2.49. The summed E-state index contributed by atoms with van der Waals surface area (Å²) in [6.07, 6.45) is 0. The van der Waals surface area contributed by atoms with Crippen molar-refractivity contribution in [2.24, 2.45) is 0 Å². The van der Waals surface area contributed by atoms with Crippen LogP contribution in [0.3, 0.4) is 0 Å². The number of halogens is 2. The molecule has 4 nitrogen and oxygen atoms in total. The standard InChI is InChI=1S/C20H17Cl2NO3S/c21-16-6-3-4-14(10-16)11-23-20(24)19-9-8-17(26-19)13-27(25)12-15-5-1-2-7-18(15)22/h1-10H,11-13H2,(H,23,24)/t27-/m1/s1. The third-order valence-electron chi connectivity index (χ3n) is 3.81. The summed E-state index contributed by atoms with van der Waals surface area (Å²) in [7, 11) is -1.19. The summed E-state index contributed by atoms with van der Waals surface area (Å²) in [5.74, 6) is 0.886. The van der Waals surface area contributed by atoms with Crippen molar-refractivity contribution in [3.05, 3.63) is 93.4 Å². The van der Waals surface area contributed by atoms with E-state index in [1.165, 1.54) is 0 Å². The third-order valence-corrected chi connectivity index (χ3v) is 5.65. The average molecular weight is 422 g/mol. The van der Waals surface area contributed by atoms with Crippen molar-refractivity contribution in [1.29, 1.82) is 0 Å². The maximum absolute atomic E-state index is 12.3. The Balaban J connectivity index is 1.55. The Hall–Kier alpha value is -2.08. The summed E-state index contributed by atoms with van der Waals surface area (Å²) in [5.41, 5.74) is 1.71. The Morgan fingerprint density at radius 2 is 1.81 bits per heavy atom. The van der Waals surface area contributed by atoms with Gasteiger partial charge in [-0.2, -0.15) is 0 Å². The fourth-order valence-corrected chi connectivity index (χ4v) is 4.16. The van der Waals surface area contributed by atoms with E-state index in [4.69, 9.17) is 27.6 Å². The summed E-state index contributed by atoms with van der Waals surface area (Å²) >= 11 is 12.0. The lowest BCUT2D eigenvalue weighted by molar-refractivity contribution is 0.0921. The number of rotatable bonds is 7. The maximum Gasteiger partial charge on any atom is 0.287 e. The monoisotopic (exact) mass is 421 g/mol. The molecule has 0 saturated heterocycles. The molecule has 0 aliphatic heterocycles. The molecule has 27 heavy (non-hydrogen) atoms. The van der Waals surface area contributed by atoms with Crippen molar-refractivity contribution in [1.82, 2.24) is 5.32 Å². The highest BCUT2D eigenvalue weighted by atomic mass is 35.5. The number of carbonyl (C=O) groups excluding carboxylic acids is 1. The molecule has 0 aliphatic carbocycles. The second-order valence-corrected chi connectivity index (χ2v) is 8.20. The normalized spacial score (nSPS) is 11.9. The van der Waals surface area contributed by atoms with Crippen molar-refractivity contribution >= 4 is 39.9 Å². The molecule has 0 aliphatic rings. The van der Waals surface area contributed by atoms with Gasteiger partial charge in [-0.1, -0.05) is 53.5 Å². The molecule has 1 N–H and O–H groups in total. The van der Waals surface area contributed by atoms with Crippen LogP contribution in [0.25, 0.3) is 0 Å². The van der Waals surface area contributed by atoms with Crippen LogP contribution in [0.5, 0.6) is 0 Å². The van der Waals surface area contributed by atoms with E-state index in [2.05, 4.69) is 5.32 Å². The van der Waals surface area contributed by atoms with E-state index in [-0.39, 0.29) is 17.4 Å². The van der Waals surface area contributed by atoms with Crippen molar-refractivity contribution in [3.63, 3.8) is 0 Å². The number of benzene rings is 2. The van der Waals surface area contributed by atoms with E-state index in [9.17, 15) is 9.00 Å². The number of hydrogen-bond acceptors (Lipinski definition) is 3. The largest absolute Gasteiger partial charge is 0.455 e. The predicted octanol–water partition coefficient (Wildman–Crippen LogP) is 4.97. The molecule has 2 aromatic carbocycles. The van der Waals surface area contributed by atoms with Gasteiger partial charge in [-0.15, -0.1) is 0 Å². The predicted molar refractivity (Wildman–Crippen MR) is 108 cm³/mol. The molecule has 0 spiro atoms. The lowest BCUT2D eigenvalue weighted by atomic mass is 10.2. The van der Waals surface area contributed by atoms with E-state index >= 15 is 0 Å². The Morgan fingerprint density at radius 1 is 1.00 bits per heavy atom. The van der Waals surface area contributed by atoms with Gasteiger partial charge in [0.2, 0.25) is 0 Å². The van der Waals surface area contributed by atoms with Gasteiger partial charge in [0.1, 0.15) is 5.76 Å². The topological polar surface area (TPSA) is 59.3 Å². The minimum atomic E-state index is -1.19. The zero-order chi connectivity index (χ0) is 19.2. The van der Waals surface area contributed by atoms with E-state index in [1.54, 1.807) is 30.3 Å². The van der Waals surface area contributed by atoms with Crippen molar-refractivity contribution in [3.8, 4) is 0 Å². The molecular weight excluding hydrogens is 405 g/mol. The van der Waals surface area contributed by atoms with Gasteiger partial charge in [-0.25, -0.2) is 0 Å². The number of carbonyl (C=O) groups is 1. The molecule has 140 valence electrons. The minimum Gasteiger partial charge on any atom is -0.455 e. The van der Waals surface area contributed by atoms with Crippen molar-refractivity contribution in [2.75, 3.05) is 0 Å². The summed E-state index contributed by atoms with van der Waals surface area (Å²) in [5, 5.41) is 3.97. The van der Waals surface area contributed by atoms with Crippen LogP contribution in [0.2, 0.25) is 10.0 Å². The van der Waals surface area contributed by atoms with Crippen molar-refractivity contribution in [2.45, 2.75) is 18.1 Å². The SMILES string of the molecule is O=C(NCc1cccc(Cl)c1)c1ccc(C[S@](=O)Cc2ccccc2Cl)o1. The van der Waals surface area contributed by atoms with Crippen molar-refractivity contribution < 1.29 is 13.4 Å². The van der Waals surface area contributed by atoms with Crippen LogP contribution in [-0.4, -0.2) is 10.1 Å². The highest BCUT2D eigenvalue weighted by Gasteiger charge is 2.13. The highest BCUT2D eigenvalue weighted by molar-refractivity contribution is 7.83. The maximum atomic E-state index is 12.3. The van der Waals surface area contributed by atoms with Crippen LogP contribution in [0.15, 0.2) is 65.1 Å². The number of nitrogens with one attached hydrogen (secondary N) is 1. The van der Waals surface area contributed by atoms with E-state index in [1.807, 2.05) is 30.3 Å². The van der Waals surface area contributed by atoms with E-state index in [0.717, 1.165) is 11.1 Å².